The van der Waals surface area contributed by atoms with Crippen LogP contribution in [0, 0.1) is 0 Å². The predicted octanol–water partition coefficient (Wildman–Crippen LogP) is 1.34. The molecule has 42 valence electrons. The lowest BCUT2D eigenvalue weighted by Crippen LogP contribution is -2.00. The van der Waals surface area contributed by atoms with Crippen LogP contribution in [0.25, 0.3) is 0 Å². The maximum absolute atomic E-state index is 4.06. The lowest BCUT2D eigenvalue weighted by atomic mass is 10.6. The van der Waals surface area contributed by atoms with Gasteiger partial charge in [-0.15, -0.1) is 12.6 Å². The summed E-state index contributed by atoms with van der Waals surface area (Å²) in [4.78, 5) is 2.99. The molecule has 2 heteroatoms. The van der Waals surface area contributed by atoms with E-state index < -0.39 is 0 Å². The second-order valence-corrected chi connectivity index (χ2v) is 2.44. The van der Waals surface area contributed by atoms with Crippen molar-refractivity contribution in [2.45, 2.75) is 6.92 Å². The summed E-state index contributed by atoms with van der Waals surface area (Å²) in [6.45, 7) is 1.95. The van der Waals surface area contributed by atoms with Crippen LogP contribution in [0.5, 0.6) is 0 Å². The zero-order valence-corrected chi connectivity index (χ0v) is 5.87. The second kappa shape index (κ2) is 2.97. The van der Waals surface area contributed by atoms with Gasteiger partial charge in [-0.3, -0.25) is 0 Å². The number of rotatable bonds is 1. The minimum atomic E-state index is 1.03. The minimum absolute atomic E-state index is 1.03. The molecule has 0 unspecified atom stereocenters. The second-order valence-electron chi connectivity index (χ2n) is 1.73. The Balaban J connectivity index is 3.45. The van der Waals surface area contributed by atoms with Crippen molar-refractivity contribution >= 4 is 12.6 Å². The van der Waals surface area contributed by atoms with E-state index in [0.29, 0.717) is 0 Å². The first kappa shape index (κ1) is 6.89. The summed E-state index contributed by atoms with van der Waals surface area (Å²) < 4.78 is 0. The van der Waals surface area contributed by atoms with Gasteiger partial charge in [-0.05, 0) is 11.8 Å². The summed E-state index contributed by atoms with van der Waals surface area (Å²) in [6.07, 6.45) is 1.95. The molecule has 0 bridgehead atoms. The molecule has 0 aliphatic heterocycles. The van der Waals surface area contributed by atoms with Crippen LogP contribution >= 0.6 is 12.6 Å². The van der Waals surface area contributed by atoms with Crippen molar-refractivity contribution in [3.63, 3.8) is 0 Å². The summed E-state index contributed by atoms with van der Waals surface area (Å²) in [7, 11) is 3.94. The summed E-state index contributed by atoms with van der Waals surface area (Å²) in [5, 5.41) is 0. The predicted molar refractivity (Wildman–Crippen MR) is 36.4 cm³/mol. The summed E-state index contributed by atoms with van der Waals surface area (Å²) >= 11 is 4.06. The van der Waals surface area contributed by atoms with E-state index in [9.17, 15) is 0 Å². The lowest BCUT2D eigenvalue weighted by Gasteiger charge is -2.02. The van der Waals surface area contributed by atoms with Crippen LogP contribution in [0.1, 0.15) is 6.92 Å². The molecule has 0 N–H and O–H groups in total. The van der Waals surface area contributed by atoms with Crippen molar-refractivity contribution in [2.75, 3.05) is 14.1 Å². The monoisotopic (exact) mass is 117 g/mol. The Hall–Kier alpha value is -0.110. The highest BCUT2D eigenvalue weighted by Crippen LogP contribution is 1.95. The van der Waals surface area contributed by atoms with Gasteiger partial charge in [0, 0.05) is 20.3 Å². The Morgan fingerprint density at radius 2 is 2.00 bits per heavy atom. The standard InChI is InChI=1S/C5H11NS/c1-5(7)4-6(2)3/h4,7H,1-3H3/b5-4+. The highest BCUT2D eigenvalue weighted by Gasteiger charge is 1.76. The van der Waals surface area contributed by atoms with Gasteiger partial charge in [-0.2, -0.15) is 0 Å². The number of allylic oxidation sites excluding steroid dienone is 1. The number of hydrogen-bond acceptors (Lipinski definition) is 2. The molecule has 0 spiro atoms. The molecule has 0 fully saturated rings. The molecule has 0 rings (SSSR count). The van der Waals surface area contributed by atoms with Gasteiger partial charge in [0.05, 0.1) is 0 Å². The molecule has 0 aliphatic rings. The Kier molecular flexibility index (Phi) is 2.92. The van der Waals surface area contributed by atoms with Crippen LogP contribution in [0.2, 0.25) is 0 Å². The first-order valence-corrected chi connectivity index (χ1v) is 2.61. The quantitative estimate of drug-likeness (QED) is 0.507. The average Bonchev–Trinajstić information content (AvgIpc) is 1.27. The van der Waals surface area contributed by atoms with Gasteiger partial charge in [0.2, 0.25) is 0 Å². The molecule has 1 nitrogen and oxygen atoms in total. The van der Waals surface area contributed by atoms with Gasteiger partial charge in [-0.1, -0.05) is 0 Å². The molecular formula is C5H11NS. The zero-order chi connectivity index (χ0) is 5.86. The Morgan fingerprint density at radius 3 is 2.00 bits per heavy atom. The van der Waals surface area contributed by atoms with E-state index >= 15 is 0 Å². The van der Waals surface area contributed by atoms with E-state index in [-0.39, 0.29) is 0 Å². The van der Waals surface area contributed by atoms with Crippen LogP contribution < -0.4 is 0 Å². The number of nitrogens with zero attached hydrogens (tertiary/aromatic N) is 1. The highest BCUT2D eigenvalue weighted by molar-refractivity contribution is 7.84. The largest absolute Gasteiger partial charge is 0.383 e. The van der Waals surface area contributed by atoms with Gasteiger partial charge in [0.1, 0.15) is 0 Å². The SMILES string of the molecule is C/C(S)=C\N(C)C. The van der Waals surface area contributed by atoms with E-state index in [4.69, 9.17) is 0 Å². The molecule has 0 aromatic rings. The fourth-order valence-corrected chi connectivity index (χ4v) is 0.605. The third kappa shape index (κ3) is 5.89. The fourth-order valence-electron chi connectivity index (χ4n) is 0.374. The number of hydrogen-bond donors (Lipinski definition) is 1. The van der Waals surface area contributed by atoms with Crippen LogP contribution in [0.3, 0.4) is 0 Å². The fraction of sp³-hybridized carbons (Fsp3) is 0.600. The summed E-state index contributed by atoms with van der Waals surface area (Å²) in [5.74, 6) is 0. The highest BCUT2D eigenvalue weighted by atomic mass is 32.1. The van der Waals surface area contributed by atoms with Crippen molar-refractivity contribution in [1.82, 2.24) is 4.90 Å². The third-order valence-corrected chi connectivity index (χ3v) is 0.561. The van der Waals surface area contributed by atoms with Crippen LogP contribution in [0.15, 0.2) is 11.1 Å². The lowest BCUT2D eigenvalue weighted by molar-refractivity contribution is 0.562. The smallest absolute Gasteiger partial charge is 0.00762 e. The van der Waals surface area contributed by atoms with Crippen molar-refractivity contribution in [3.05, 3.63) is 11.1 Å². The van der Waals surface area contributed by atoms with Gasteiger partial charge in [0.15, 0.2) is 0 Å². The summed E-state index contributed by atoms with van der Waals surface area (Å²) in [5.41, 5.74) is 0. The van der Waals surface area contributed by atoms with Crippen LogP contribution in [-0.2, 0) is 0 Å². The molecule has 0 aliphatic carbocycles. The van der Waals surface area contributed by atoms with Gasteiger partial charge >= 0.3 is 0 Å². The van der Waals surface area contributed by atoms with E-state index in [2.05, 4.69) is 12.6 Å². The topological polar surface area (TPSA) is 3.24 Å². The Morgan fingerprint density at radius 1 is 1.57 bits per heavy atom. The zero-order valence-electron chi connectivity index (χ0n) is 4.97. The molecule has 0 aromatic heterocycles. The first-order valence-electron chi connectivity index (χ1n) is 2.16. The molecular weight excluding hydrogens is 106 g/mol. The average molecular weight is 117 g/mol. The van der Waals surface area contributed by atoms with Crippen LogP contribution in [-0.4, -0.2) is 19.0 Å². The molecule has 0 saturated carbocycles. The maximum atomic E-state index is 4.06. The first-order chi connectivity index (χ1) is 3.13. The van der Waals surface area contributed by atoms with Crippen LogP contribution in [0.4, 0.5) is 0 Å². The normalized spacial score (nSPS) is 11.7. The van der Waals surface area contributed by atoms with E-state index in [1.807, 2.05) is 32.1 Å². The molecule has 7 heavy (non-hydrogen) atoms. The van der Waals surface area contributed by atoms with Gasteiger partial charge in [-0.25, -0.2) is 0 Å². The van der Waals surface area contributed by atoms with E-state index in [0.717, 1.165) is 4.91 Å². The van der Waals surface area contributed by atoms with E-state index in [1.54, 1.807) is 0 Å². The van der Waals surface area contributed by atoms with Crippen molar-refractivity contribution in [3.8, 4) is 0 Å². The molecule has 0 radical (unpaired) electrons. The minimum Gasteiger partial charge on any atom is -0.383 e. The molecule has 0 atom stereocenters. The van der Waals surface area contributed by atoms with Gasteiger partial charge < -0.3 is 4.90 Å². The van der Waals surface area contributed by atoms with Gasteiger partial charge in [0.25, 0.3) is 0 Å². The molecule has 0 aromatic carbocycles. The van der Waals surface area contributed by atoms with Crippen molar-refractivity contribution < 1.29 is 0 Å². The molecule has 0 amide bonds. The Bertz CT molecular complexity index is 72.1. The molecule has 0 saturated heterocycles. The third-order valence-electron chi connectivity index (χ3n) is 0.445. The van der Waals surface area contributed by atoms with E-state index in [1.165, 1.54) is 0 Å². The number of thiol groups is 1. The Labute approximate surface area is 50.4 Å². The maximum Gasteiger partial charge on any atom is 0.00762 e. The summed E-state index contributed by atoms with van der Waals surface area (Å²) in [6, 6.07) is 0. The molecule has 0 heterocycles. The van der Waals surface area contributed by atoms with Crippen molar-refractivity contribution in [1.29, 1.82) is 0 Å². The van der Waals surface area contributed by atoms with Crippen molar-refractivity contribution in [2.24, 2.45) is 0 Å².